The standard InChI is InChI=1S/C22H36N4O/c1-4-5-7-10-18(2)25-22(23-3)24-17-19-11-13-20(14-12-19)21(27)26-15-8-6-9-16-26/h11-14,18H,4-10,15-17H2,1-3H3,(H2,23,24,25). The summed E-state index contributed by atoms with van der Waals surface area (Å²) in [6, 6.07) is 8.35. The maximum absolute atomic E-state index is 12.5. The lowest BCUT2D eigenvalue weighted by Gasteiger charge is -2.26. The number of nitrogens with one attached hydrogen (secondary N) is 2. The molecule has 2 N–H and O–H groups in total. The molecule has 1 amide bonds. The lowest BCUT2D eigenvalue weighted by atomic mass is 10.1. The molecule has 1 heterocycles. The van der Waals surface area contributed by atoms with E-state index in [1.165, 1.54) is 25.7 Å². The molecule has 0 spiro atoms. The second kappa shape index (κ2) is 11.6. The second-order valence-electron chi connectivity index (χ2n) is 7.52. The zero-order chi connectivity index (χ0) is 19.5. The number of unbranched alkanes of at least 4 members (excludes halogenated alkanes) is 2. The summed E-state index contributed by atoms with van der Waals surface area (Å²) in [4.78, 5) is 18.8. The summed E-state index contributed by atoms with van der Waals surface area (Å²) in [5, 5.41) is 6.81. The van der Waals surface area contributed by atoms with Gasteiger partial charge >= 0.3 is 0 Å². The van der Waals surface area contributed by atoms with Crippen molar-refractivity contribution >= 4 is 11.9 Å². The van der Waals surface area contributed by atoms with E-state index in [2.05, 4.69) is 29.5 Å². The number of hydrogen-bond donors (Lipinski definition) is 2. The number of amides is 1. The van der Waals surface area contributed by atoms with Crippen LogP contribution in [0.5, 0.6) is 0 Å². The number of guanidine groups is 1. The molecule has 1 saturated heterocycles. The summed E-state index contributed by atoms with van der Waals surface area (Å²) in [6.07, 6.45) is 8.40. The number of rotatable bonds is 8. The monoisotopic (exact) mass is 372 g/mol. The van der Waals surface area contributed by atoms with Crippen molar-refractivity contribution in [3.63, 3.8) is 0 Å². The van der Waals surface area contributed by atoms with E-state index < -0.39 is 0 Å². The van der Waals surface area contributed by atoms with Crippen molar-refractivity contribution < 1.29 is 4.79 Å². The van der Waals surface area contributed by atoms with Crippen molar-refractivity contribution in [2.24, 2.45) is 4.99 Å². The van der Waals surface area contributed by atoms with Gasteiger partial charge in [0.2, 0.25) is 0 Å². The first-order valence-electron chi connectivity index (χ1n) is 10.5. The number of likely N-dealkylation sites (tertiary alicyclic amines) is 1. The van der Waals surface area contributed by atoms with E-state index in [1.807, 2.05) is 29.2 Å². The second-order valence-corrected chi connectivity index (χ2v) is 7.52. The molecule has 2 rings (SSSR count). The molecule has 5 nitrogen and oxygen atoms in total. The van der Waals surface area contributed by atoms with Crippen LogP contribution in [-0.2, 0) is 6.54 Å². The van der Waals surface area contributed by atoms with Gasteiger partial charge in [-0.2, -0.15) is 0 Å². The molecule has 0 aromatic heterocycles. The maximum Gasteiger partial charge on any atom is 0.253 e. The van der Waals surface area contributed by atoms with Crippen LogP contribution in [0.4, 0.5) is 0 Å². The number of benzene rings is 1. The number of piperidine rings is 1. The fraction of sp³-hybridized carbons (Fsp3) is 0.636. The molecular weight excluding hydrogens is 336 g/mol. The molecular formula is C22H36N4O. The van der Waals surface area contributed by atoms with Gasteiger partial charge in [0.15, 0.2) is 5.96 Å². The van der Waals surface area contributed by atoms with Crippen LogP contribution in [0.15, 0.2) is 29.3 Å². The predicted molar refractivity (Wildman–Crippen MR) is 113 cm³/mol. The topological polar surface area (TPSA) is 56.7 Å². The molecule has 0 bridgehead atoms. The summed E-state index contributed by atoms with van der Waals surface area (Å²) in [7, 11) is 1.80. The van der Waals surface area contributed by atoms with Crippen LogP contribution in [0.25, 0.3) is 0 Å². The molecule has 0 radical (unpaired) electrons. The Morgan fingerprint density at radius 2 is 1.85 bits per heavy atom. The Labute approximate surface area is 164 Å². The molecule has 1 unspecified atom stereocenters. The van der Waals surface area contributed by atoms with E-state index in [4.69, 9.17) is 0 Å². The van der Waals surface area contributed by atoms with Crippen LogP contribution in [0.1, 0.15) is 74.7 Å². The number of aliphatic imine (C=N–C) groups is 1. The molecule has 1 aromatic carbocycles. The Morgan fingerprint density at radius 1 is 1.15 bits per heavy atom. The predicted octanol–water partition coefficient (Wildman–Crippen LogP) is 3.95. The normalized spacial score (nSPS) is 16.1. The van der Waals surface area contributed by atoms with Gasteiger partial charge in [-0.1, -0.05) is 38.3 Å². The van der Waals surface area contributed by atoms with E-state index in [1.54, 1.807) is 7.05 Å². The fourth-order valence-electron chi connectivity index (χ4n) is 3.43. The van der Waals surface area contributed by atoms with Gasteiger partial charge in [0.05, 0.1) is 0 Å². The fourth-order valence-corrected chi connectivity index (χ4v) is 3.43. The first kappa shape index (κ1) is 21.3. The number of carbonyl (C=O) groups is 1. The minimum Gasteiger partial charge on any atom is -0.354 e. The molecule has 150 valence electrons. The largest absolute Gasteiger partial charge is 0.354 e. The highest BCUT2D eigenvalue weighted by atomic mass is 16.2. The zero-order valence-corrected chi connectivity index (χ0v) is 17.3. The third kappa shape index (κ3) is 7.24. The van der Waals surface area contributed by atoms with Gasteiger partial charge in [-0.25, -0.2) is 0 Å². The lowest BCUT2D eigenvalue weighted by Crippen LogP contribution is -2.41. The smallest absolute Gasteiger partial charge is 0.253 e. The Balaban J connectivity index is 1.80. The van der Waals surface area contributed by atoms with Gasteiger partial charge in [-0.15, -0.1) is 0 Å². The van der Waals surface area contributed by atoms with Gasteiger partial charge in [-0.05, 0) is 50.3 Å². The van der Waals surface area contributed by atoms with Gasteiger partial charge in [0.25, 0.3) is 5.91 Å². The molecule has 5 heteroatoms. The number of carbonyl (C=O) groups excluding carboxylic acids is 1. The third-order valence-electron chi connectivity index (χ3n) is 5.15. The van der Waals surface area contributed by atoms with Gasteiger partial charge in [-0.3, -0.25) is 9.79 Å². The number of nitrogens with zero attached hydrogens (tertiary/aromatic N) is 2. The van der Waals surface area contributed by atoms with Gasteiger partial charge in [0, 0.05) is 38.3 Å². The van der Waals surface area contributed by atoms with Crippen LogP contribution in [-0.4, -0.2) is 42.9 Å². The molecule has 1 fully saturated rings. The van der Waals surface area contributed by atoms with Crippen LogP contribution >= 0.6 is 0 Å². The SMILES string of the molecule is CCCCCC(C)NC(=NC)NCc1ccc(C(=O)N2CCCCC2)cc1. The Bertz CT molecular complexity index is 591. The summed E-state index contributed by atoms with van der Waals surface area (Å²) in [5.74, 6) is 0.986. The maximum atomic E-state index is 12.5. The minimum atomic E-state index is 0.160. The Kier molecular flexibility index (Phi) is 9.16. The lowest BCUT2D eigenvalue weighted by molar-refractivity contribution is 0.0724. The highest BCUT2D eigenvalue weighted by Gasteiger charge is 2.17. The summed E-state index contributed by atoms with van der Waals surface area (Å²) < 4.78 is 0. The van der Waals surface area contributed by atoms with E-state index in [0.29, 0.717) is 12.6 Å². The average Bonchev–Trinajstić information content (AvgIpc) is 2.71. The van der Waals surface area contributed by atoms with Crippen molar-refractivity contribution in [2.45, 2.75) is 71.4 Å². The minimum absolute atomic E-state index is 0.160. The zero-order valence-electron chi connectivity index (χ0n) is 17.3. The van der Waals surface area contributed by atoms with E-state index in [9.17, 15) is 4.79 Å². The van der Waals surface area contributed by atoms with E-state index in [-0.39, 0.29) is 5.91 Å². The molecule has 27 heavy (non-hydrogen) atoms. The summed E-state index contributed by atoms with van der Waals surface area (Å²) >= 11 is 0. The molecule has 0 aliphatic carbocycles. The van der Waals surface area contributed by atoms with Crippen LogP contribution in [0, 0.1) is 0 Å². The molecule has 1 aliphatic heterocycles. The van der Waals surface area contributed by atoms with Crippen molar-refractivity contribution in [3.8, 4) is 0 Å². The first-order valence-corrected chi connectivity index (χ1v) is 10.5. The molecule has 1 aliphatic rings. The quantitative estimate of drug-likeness (QED) is 0.413. The number of hydrogen-bond acceptors (Lipinski definition) is 2. The van der Waals surface area contributed by atoms with Crippen LogP contribution < -0.4 is 10.6 Å². The molecule has 1 aromatic rings. The van der Waals surface area contributed by atoms with Crippen molar-refractivity contribution in [2.75, 3.05) is 20.1 Å². The average molecular weight is 373 g/mol. The van der Waals surface area contributed by atoms with Crippen molar-refractivity contribution in [1.82, 2.24) is 15.5 Å². The van der Waals surface area contributed by atoms with Crippen LogP contribution in [0.2, 0.25) is 0 Å². The van der Waals surface area contributed by atoms with Crippen molar-refractivity contribution in [3.05, 3.63) is 35.4 Å². The van der Waals surface area contributed by atoms with Gasteiger partial charge < -0.3 is 15.5 Å². The third-order valence-corrected chi connectivity index (χ3v) is 5.15. The first-order chi connectivity index (χ1) is 13.1. The Hall–Kier alpha value is -2.04. The Morgan fingerprint density at radius 3 is 2.48 bits per heavy atom. The van der Waals surface area contributed by atoms with E-state index >= 15 is 0 Å². The molecule has 0 saturated carbocycles. The van der Waals surface area contributed by atoms with Crippen LogP contribution in [0.3, 0.4) is 0 Å². The van der Waals surface area contributed by atoms with Crippen molar-refractivity contribution in [1.29, 1.82) is 0 Å². The van der Waals surface area contributed by atoms with Gasteiger partial charge in [0.1, 0.15) is 0 Å². The van der Waals surface area contributed by atoms with E-state index in [0.717, 1.165) is 49.4 Å². The summed E-state index contributed by atoms with van der Waals surface area (Å²) in [5.41, 5.74) is 1.93. The summed E-state index contributed by atoms with van der Waals surface area (Å²) in [6.45, 7) is 6.90. The highest BCUT2D eigenvalue weighted by Crippen LogP contribution is 2.14. The molecule has 1 atom stereocenters. The highest BCUT2D eigenvalue weighted by molar-refractivity contribution is 5.94.